The zero-order chi connectivity index (χ0) is 14.9. The Bertz CT molecular complexity index is 537. The van der Waals surface area contributed by atoms with Crippen molar-refractivity contribution in [2.24, 2.45) is 0 Å². The molecule has 20 heavy (non-hydrogen) atoms. The summed E-state index contributed by atoms with van der Waals surface area (Å²) in [4.78, 5) is 25.8. The lowest BCUT2D eigenvalue weighted by atomic mass is 10.2. The maximum absolute atomic E-state index is 12.4. The largest absolute Gasteiger partial charge is 0.396 e. The maximum Gasteiger partial charge on any atom is 0.244 e. The zero-order valence-electron chi connectivity index (χ0n) is 12.1. The van der Waals surface area contributed by atoms with E-state index in [0.717, 1.165) is 17.8 Å². The van der Waals surface area contributed by atoms with E-state index in [0.29, 0.717) is 18.7 Å². The Morgan fingerprint density at radius 2 is 2.15 bits per heavy atom. The van der Waals surface area contributed by atoms with Gasteiger partial charge in [0, 0.05) is 13.6 Å². The van der Waals surface area contributed by atoms with E-state index in [2.05, 4.69) is 10.4 Å². The summed E-state index contributed by atoms with van der Waals surface area (Å²) in [6.07, 6.45) is 1.56. The Kier molecular flexibility index (Phi) is 3.96. The predicted octanol–water partition coefficient (Wildman–Crippen LogP) is -0.181. The molecule has 1 saturated heterocycles. The van der Waals surface area contributed by atoms with Crippen molar-refractivity contribution in [3.63, 3.8) is 0 Å². The quantitative estimate of drug-likeness (QED) is 0.802. The van der Waals surface area contributed by atoms with Crippen LogP contribution in [0.25, 0.3) is 0 Å². The number of carbonyl (C=O) groups is 2. The Labute approximate surface area is 118 Å². The van der Waals surface area contributed by atoms with Gasteiger partial charge in [-0.05, 0) is 26.7 Å². The SMILES string of the molecule is CNC(=O)C1CCCN1C(=O)Cn1nc(C)c(N)c1C. The number of likely N-dealkylation sites (tertiary alicyclic amines) is 1. The number of hydrogen-bond acceptors (Lipinski definition) is 4. The molecule has 7 nitrogen and oxygen atoms in total. The average molecular weight is 279 g/mol. The number of aryl methyl sites for hydroxylation is 1. The molecule has 2 heterocycles. The lowest BCUT2D eigenvalue weighted by Crippen LogP contribution is -2.46. The van der Waals surface area contributed by atoms with E-state index in [1.165, 1.54) is 0 Å². The molecule has 1 aromatic rings. The fraction of sp³-hybridized carbons (Fsp3) is 0.615. The highest BCUT2D eigenvalue weighted by atomic mass is 16.2. The number of nitrogen functional groups attached to an aromatic ring is 1. The standard InChI is InChI=1S/C13H21N5O2/c1-8-12(14)9(2)18(16-8)7-11(19)17-6-4-5-10(17)13(20)15-3/h10H,4-7,14H2,1-3H3,(H,15,20). The lowest BCUT2D eigenvalue weighted by molar-refractivity contribution is -0.138. The molecular weight excluding hydrogens is 258 g/mol. The highest BCUT2D eigenvalue weighted by Gasteiger charge is 2.33. The van der Waals surface area contributed by atoms with Crippen LogP contribution in [-0.2, 0) is 16.1 Å². The Morgan fingerprint density at radius 3 is 2.70 bits per heavy atom. The number of nitrogens with one attached hydrogen (secondary N) is 1. The van der Waals surface area contributed by atoms with Crippen LogP contribution in [0.2, 0.25) is 0 Å². The molecule has 0 bridgehead atoms. The van der Waals surface area contributed by atoms with Gasteiger partial charge in [-0.1, -0.05) is 0 Å². The fourth-order valence-electron chi connectivity index (χ4n) is 2.59. The monoisotopic (exact) mass is 279 g/mol. The molecule has 2 amide bonds. The molecule has 0 radical (unpaired) electrons. The summed E-state index contributed by atoms with van der Waals surface area (Å²) in [5.74, 6) is -0.203. The number of anilines is 1. The summed E-state index contributed by atoms with van der Waals surface area (Å²) in [7, 11) is 1.59. The second kappa shape index (κ2) is 5.52. The van der Waals surface area contributed by atoms with Gasteiger partial charge in [-0.2, -0.15) is 5.10 Å². The van der Waals surface area contributed by atoms with E-state index in [1.54, 1.807) is 16.6 Å². The molecule has 0 spiro atoms. The molecule has 1 aromatic heterocycles. The number of carbonyl (C=O) groups excluding carboxylic acids is 2. The van der Waals surface area contributed by atoms with Crippen molar-refractivity contribution in [3.05, 3.63) is 11.4 Å². The van der Waals surface area contributed by atoms with Crippen LogP contribution >= 0.6 is 0 Å². The summed E-state index contributed by atoms with van der Waals surface area (Å²) < 4.78 is 1.60. The van der Waals surface area contributed by atoms with Gasteiger partial charge in [0.25, 0.3) is 0 Å². The van der Waals surface area contributed by atoms with Gasteiger partial charge < -0.3 is 16.0 Å². The normalized spacial score (nSPS) is 18.4. The van der Waals surface area contributed by atoms with Crippen LogP contribution in [0.15, 0.2) is 0 Å². The molecule has 1 unspecified atom stereocenters. The van der Waals surface area contributed by atoms with Crippen molar-refractivity contribution in [1.82, 2.24) is 20.0 Å². The first-order valence-electron chi connectivity index (χ1n) is 6.76. The van der Waals surface area contributed by atoms with Crippen LogP contribution in [0.4, 0.5) is 5.69 Å². The van der Waals surface area contributed by atoms with Crippen molar-refractivity contribution < 1.29 is 9.59 Å². The number of rotatable bonds is 3. The third kappa shape index (κ3) is 2.48. The molecule has 0 aromatic carbocycles. The third-order valence-electron chi connectivity index (χ3n) is 3.84. The second-order valence-electron chi connectivity index (χ2n) is 5.10. The Balaban J connectivity index is 2.11. The van der Waals surface area contributed by atoms with Gasteiger partial charge in [0.05, 0.1) is 17.1 Å². The molecule has 0 saturated carbocycles. The number of aromatic nitrogens is 2. The van der Waals surface area contributed by atoms with E-state index in [9.17, 15) is 9.59 Å². The predicted molar refractivity (Wildman–Crippen MR) is 74.9 cm³/mol. The molecule has 110 valence electrons. The Hall–Kier alpha value is -2.05. The Morgan fingerprint density at radius 1 is 1.45 bits per heavy atom. The van der Waals surface area contributed by atoms with E-state index in [1.807, 2.05) is 13.8 Å². The van der Waals surface area contributed by atoms with E-state index in [-0.39, 0.29) is 24.4 Å². The van der Waals surface area contributed by atoms with E-state index in [4.69, 9.17) is 5.73 Å². The number of hydrogen-bond donors (Lipinski definition) is 2. The highest BCUT2D eigenvalue weighted by molar-refractivity contribution is 5.88. The van der Waals surface area contributed by atoms with Crippen LogP contribution in [-0.4, -0.2) is 46.1 Å². The van der Waals surface area contributed by atoms with Gasteiger partial charge in [0.1, 0.15) is 12.6 Å². The number of likely N-dealkylation sites (N-methyl/N-ethyl adjacent to an activating group) is 1. The maximum atomic E-state index is 12.4. The van der Waals surface area contributed by atoms with Crippen LogP contribution < -0.4 is 11.1 Å². The highest BCUT2D eigenvalue weighted by Crippen LogP contribution is 2.19. The minimum Gasteiger partial charge on any atom is -0.396 e. The molecule has 3 N–H and O–H groups in total. The summed E-state index contributed by atoms with van der Waals surface area (Å²) >= 11 is 0. The average Bonchev–Trinajstić information content (AvgIpc) is 3.00. The summed E-state index contributed by atoms with van der Waals surface area (Å²) in [5, 5.41) is 6.86. The molecule has 1 aliphatic rings. The van der Waals surface area contributed by atoms with E-state index < -0.39 is 0 Å². The van der Waals surface area contributed by atoms with Crippen LogP contribution in [0, 0.1) is 13.8 Å². The zero-order valence-corrected chi connectivity index (χ0v) is 12.1. The van der Waals surface area contributed by atoms with Crippen molar-refractivity contribution in [1.29, 1.82) is 0 Å². The van der Waals surface area contributed by atoms with Gasteiger partial charge >= 0.3 is 0 Å². The minimum absolute atomic E-state index is 0.0956. The van der Waals surface area contributed by atoms with Crippen molar-refractivity contribution in [2.75, 3.05) is 19.3 Å². The molecule has 1 atom stereocenters. The van der Waals surface area contributed by atoms with Gasteiger partial charge in [0.15, 0.2) is 0 Å². The fourth-order valence-corrected chi connectivity index (χ4v) is 2.59. The van der Waals surface area contributed by atoms with Gasteiger partial charge in [0.2, 0.25) is 11.8 Å². The molecule has 0 aliphatic carbocycles. The second-order valence-corrected chi connectivity index (χ2v) is 5.10. The van der Waals surface area contributed by atoms with Crippen LogP contribution in [0.1, 0.15) is 24.2 Å². The molecule has 1 aliphatic heterocycles. The molecule has 7 heteroatoms. The topological polar surface area (TPSA) is 93.2 Å². The summed E-state index contributed by atoms with van der Waals surface area (Å²) in [6.45, 7) is 4.39. The van der Waals surface area contributed by atoms with Crippen molar-refractivity contribution in [2.45, 2.75) is 39.3 Å². The number of amides is 2. The van der Waals surface area contributed by atoms with Gasteiger partial charge in [-0.25, -0.2) is 0 Å². The first-order chi connectivity index (χ1) is 9.45. The third-order valence-corrected chi connectivity index (χ3v) is 3.84. The van der Waals surface area contributed by atoms with Gasteiger partial charge in [-0.15, -0.1) is 0 Å². The number of nitrogens with two attached hydrogens (primary N) is 1. The van der Waals surface area contributed by atoms with Crippen LogP contribution in [0.3, 0.4) is 0 Å². The van der Waals surface area contributed by atoms with Crippen molar-refractivity contribution >= 4 is 17.5 Å². The summed E-state index contributed by atoms with van der Waals surface area (Å²) in [5.41, 5.74) is 7.98. The number of nitrogens with zero attached hydrogens (tertiary/aromatic N) is 3. The van der Waals surface area contributed by atoms with Crippen molar-refractivity contribution in [3.8, 4) is 0 Å². The first-order valence-corrected chi connectivity index (χ1v) is 6.76. The molecule has 1 fully saturated rings. The minimum atomic E-state index is -0.359. The van der Waals surface area contributed by atoms with Crippen LogP contribution in [0.5, 0.6) is 0 Å². The lowest BCUT2D eigenvalue weighted by Gasteiger charge is -2.23. The van der Waals surface area contributed by atoms with E-state index >= 15 is 0 Å². The van der Waals surface area contributed by atoms with Gasteiger partial charge in [-0.3, -0.25) is 14.3 Å². The smallest absolute Gasteiger partial charge is 0.244 e. The first kappa shape index (κ1) is 14.4. The summed E-state index contributed by atoms with van der Waals surface area (Å²) in [6, 6.07) is -0.359. The molecular formula is C13H21N5O2. The molecule has 2 rings (SSSR count).